The Morgan fingerprint density at radius 1 is 0.640 bits per heavy atom. The van der Waals surface area contributed by atoms with Gasteiger partial charge in [-0.3, -0.25) is 0 Å². The lowest BCUT2D eigenvalue weighted by Crippen LogP contribution is -2.15. The van der Waals surface area contributed by atoms with Gasteiger partial charge < -0.3 is 0 Å². The summed E-state index contributed by atoms with van der Waals surface area (Å²) in [5.74, 6) is 1.99. The maximum atomic E-state index is 2.34. The summed E-state index contributed by atoms with van der Waals surface area (Å²) in [5, 5.41) is 0. The molecule has 3 rings (SSSR count). The molecule has 25 heavy (non-hydrogen) atoms. The lowest BCUT2D eigenvalue weighted by molar-refractivity contribution is 0.252. The highest BCUT2D eigenvalue weighted by atomic mass is 14.3. The van der Waals surface area contributed by atoms with E-state index in [2.05, 4.69) is 62.4 Å². The van der Waals surface area contributed by atoms with E-state index in [0.29, 0.717) is 0 Å². The van der Waals surface area contributed by atoms with Crippen molar-refractivity contribution in [3.05, 3.63) is 59.7 Å². The second kappa shape index (κ2) is 9.22. The van der Waals surface area contributed by atoms with Crippen LogP contribution in [0.1, 0.15) is 69.9 Å². The molecule has 2 aromatic carbocycles. The van der Waals surface area contributed by atoms with Gasteiger partial charge in [-0.2, -0.15) is 0 Å². The van der Waals surface area contributed by atoms with Gasteiger partial charge in [-0.25, -0.2) is 0 Å². The van der Waals surface area contributed by atoms with Crippen LogP contribution in [0, 0.1) is 11.8 Å². The molecule has 1 fully saturated rings. The number of aryl methyl sites for hydroxylation is 2. The Bertz CT molecular complexity index is 612. The second-order valence-corrected chi connectivity index (χ2v) is 7.96. The molecule has 1 aliphatic carbocycles. The third kappa shape index (κ3) is 5.21. The highest BCUT2D eigenvalue weighted by Gasteiger charge is 2.20. The highest BCUT2D eigenvalue weighted by Crippen LogP contribution is 2.34. The van der Waals surface area contributed by atoms with Crippen molar-refractivity contribution < 1.29 is 0 Å². The fourth-order valence-corrected chi connectivity index (χ4v) is 4.38. The topological polar surface area (TPSA) is 0 Å². The minimum absolute atomic E-state index is 0.967. The Labute approximate surface area is 154 Å². The van der Waals surface area contributed by atoms with Crippen LogP contribution in [0.5, 0.6) is 0 Å². The van der Waals surface area contributed by atoms with Gasteiger partial charge in [-0.1, -0.05) is 101 Å². The van der Waals surface area contributed by atoms with Gasteiger partial charge >= 0.3 is 0 Å². The fourth-order valence-electron chi connectivity index (χ4n) is 4.38. The monoisotopic (exact) mass is 334 g/mol. The van der Waals surface area contributed by atoms with Crippen LogP contribution >= 0.6 is 0 Å². The number of hydrogen-bond donors (Lipinski definition) is 0. The molecule has 0 radical (unpaired) electrons. The molecule has 1 saturated carbocycles. The maximum absolute atomic E-state index is 2.34. The molecule has 0 heterocycles. The van der Waals surface area contributed by atoms with E-state index in [4.69, 9.17) is 0 Å². The molecule has 0 aliphatic heterocycles. The van der Waals surface area contributed by atoms with Crippen LogP contribution in [0.4, 0.5) is 0 Å². The van der Waals surface area contributed by atoms with Crippen LogP contribution in [0.2, 0.25) is 0 Å². The summed E-state index contributed by atoms with van der Waals surface area (Å²) in [6.45, 7) is 4.54. The second-order valence-electron chi connectivity index (χ2n) is 7.96. The summed E-state index contributed by atoms with van der Waals surface area (Å²) in [4.78, 5) is 0. The zero-order chi connectivity index (χ0) is 17.5. The summed E-state index contributed by atoms with van der Waals surface area (Å²) in [5.41, 5.74) is 5.59. The van der Waals surface area contributed by atoms with Crippen LogP contribution in [0.25, 0.3) is 11.1 Å². The van der Waals surface area contributed by atoms with Gasteiger partial charge in [0.15, 0.2) is 0 Å². The molecule has 0 N–H and O–H groups in total. The molecule has 0 saturated heterocycles. The Morgan fingerprint density at radius 3 is 1.60 bits per heavy atom. The summed E-state index contributed by atoms with van der Waals surface area (Å²) in [7, 11) is 0. The molecule has 0 nitrogen and oxygen atoms in total. The average molecular weight is 335 g/mol. The molecule has 2 aromatic rings. The Morgan fingerprint density at radius 2 is 1.12 bits per heavy atom. The van der Waals surface area contributed by atoms with Crippen molar-refractivity contribution in [3.8, 4) is 11.1 Å². The normalized spacial score (nSPS) is 20.6. The number of benzene rings is 2. The molecular formula is C25H34. The molecule has 0 amide bonds. The Kier molecular flexibility index (Phi) is 6.73. The summed E-state index contributed by atoms with van der Waals surface area (Å²) >= 11 is 0. The van der Waals surface area contributed by atoms with Crippen LogP contribution in [-0.2, 0) is 12.8 Å². The van der Waals surface area contributed by atoms with Crippen LogP contribution in [-0.4, -0.2) is 0 Å². The molecule has 0 unspecified atom stereocenters. The number of hydrogen-bond acceptors (Lipinski definition) is 0. The van der Waals surface area contributed by atoms with E-state index >= 15 is 0 Å². The third-order valence-corrected chi connectivity index (χ3v) is 6.15. The van der Waals surface area contributed by atoms with Gasteiger partial charge in [0.05, 0.1) is 0 Å². The van der Waals surface area contributed by atoms with E-state index in [1.54, 1.807) is 0 Å². The molecular weight excluding hydrogens is 300 g/mol. The van der Waals surface area contributed by atoms with E-state index in [1.165, 1.54) is 73.6 Å². The summed E-state index contributed by atoms with van der Waals surface area (Å²) < 4.78 is 0. The molecule has 0 spiro atoms. The minimum atomic E-state index is 0.967. The first-order valence-corrected chi connectivity index (χ1v) is 10.5. The zero-order valence-corrected chi connectivity index (χ0v) is 16.1. The van der Waals surface area contributed by atoms with Crippen LogP contribution in [0.15, 0.2) is 48.5 Å². The smallest absolute Gasteiger partial charge is 0.0184 e. The molecule has 1 aliphatic rings. The van der Waals surface area contributed by atoms with Crippen molar-refractivity contribution in [2.45, 2.75) is 71.6 Å². The highest BCUT2D eigenvalue weighted by molar-refractivity contribution is 5.63. The molecule has 0 atom stereocenters. The van der Waals surface area contributed by atoms with Gasteiger partial charge in [0.2, 0.25) is 0 Å². The van der Waals surface area contributed by atoms with E-state index in [0.717, 1.165) is 18.3 Å². The van der Waals surface area contributed by atoms with Gasteiger partial charge in [0, 0.05) is 0 Å². The first-order valence-electron chi connectivity index (χ1n) is 10.5. The van der Waals surface area contributed by atoms with Crippen LogP contribution < -0.4 is 0 Å². The summed E-state index contributed by atoms with van der Waals surface area (Å²) in [6.07, 6.45) is 12.4. The first kappa shape index (κ1) is 18.2. The van der Waals surface area contributed by atoms with Crippen molar-refractivity contribution in [2.75, 3.05) is 0 Å². The van der Waals surface area contributed by atoms with E-state index < -0.39 is 0 Å². The van der Waals surface area contributed by atoms with E-state index in [9.17, 15) is 0 Å². The number of rotatable bonds is 7. The largest absolute Gasteiger partial charge is 0.0654 e. The van der Waals surface area contributed by atoms with Crippen molar-refractivity contribution >= 4 is 0 Å². The standard InChI is InChI=1S/C25H34/c1-3-5-21-6-8-22(9-7-21)10-11-23-14-18-25(19-15-23)24-16-12-20(4-2)13-17-24/h12-19,21-22H,3-11H2,1-2H3/t21-,22-. The quantitative estimate of drug-likeness (QED) is 0.493. The van der Waals surface area contributed by atoms with Gasteiger partial charge in [-0.15, -0.1) is 0 Å². The SMILES string of the molecule is CCC[C@H]1CC[C@H](CCc2ccc(-c3ccc(CC)cc3)cc2)CC1. The van der Waals surface area contributed by atoms with Crippen molar-refractivity contribution in [3.63, 3.8) is 0 Å². The maximum Gasteiger partial charge on any atom is -0.0184 e. The molecule has 134 valence electrons. The van der Waals surface area contributed by atoms with Crippen molar-refractivity contribution in [1.29, 1.82) is 0 Å². The summed E-state index contributed by atoms with van der Waals surface area (Å²) in [6, 6.07) is 18.3. The lowest BCUT2D eigenvalue weighted by atomic mass is 9.78. The molecule has 0 aromatic heterocycles. The van der Waals surface area contributed by atoms with Gasteiger partial charge in [-0.05, 0) is 53.4 Å². The predicted molar refractivity (Wildman–Crippen MR) is 110 cm³/mol. The minimum Gasteiger partial charge on any atom is -0.0654 e. The lowest BCUT2D eigenvalue weighted by Gasteiger charge is -2.28. The third-order valence-electron chi connectivity index (χ3n) is 6.15. The van der Waals surface area contributed by atoms with Crippen molar-refractivity contribution in [2.24, 2.45) is 11.8 Å². The zero-order valence-electron chi connectivity index (χ0n) is 16.1. The van der Waals surface area contributed by atoms with E-state index in [1.807, 2.05) is 0 Å². The molecule has 0 bridgehead atoms. The van der Waals surface area contributed by atoms with Gasteiger partial charge in [0.1, 0.15) is 0 Å². The Hall–Kier alpha value is -1.56. The molecule has 0 heteroatoms. The van der Waals surface area contributed by atoms with Crippen LogP contribution in [0.3, 0.4) is 0 Å². The fraction of sp³-hybridized carbons (Fsp3) is 0.520. The first-order chi connectivity index (χ1) is 12.3. The van der Waals surface area contributed by atoms with Crippen molar-refractivity contribution in [1.82, 2.24) is 0 Å². The Balaban J connectivity index is 1.49. The van der Waals surface area contributed by atoms with Gasteiger partial charge in [0.25, 0.3) is 0 Å². The average Bonchev–Trinajstić information content (AvgIpc) is 2.68. The van der Waals surface area contributed by atoms with E-state index in [-0.39, 0.29) is 0 Å². The predicted octanol–water partition coefficient (Wildman–Crippen LogP) is 7.46.